The first-order chi connectivity index (χ1) is 15.6. The van der Waals surface area contributed by atoms with Gasteiger partial charge in [-0.15, -0.1) is 0 Å². The Bertz CT molecular complexity index is 1420. The topological polar surface area (TPSA) is 4.93 Å². The maximum atomic E-state index is 2.39. The van der Waals surface area contributed by atoms with E-state index in [-0.39, 0.29) is 10.8 Å². The largest absolute Gasteiger partial charge is 0.309 e. The van der Waals surface area contributed by atoms with E-state index in [0.29, 0.717) is 0 Å². The third-order valence-corrected chi connectivity index (χ3v) is 6.69. The summed E-state index contributed by atoms with van der Waals surface area (Å²) in [5.74, 6) is 0. The molecule has 0 bridgehead atoms. The van der Waals surface area contributed by atoms with Crippen LogP contribution in [0.2, 0.25) is 0 Å². The maximum absolute atomic E-state index is 2.39. The fourth-order valence-electron chi connectivity index (χ4n) is 4.67. The van der Waals surface area contributed by atoms with E-state index in [1.807, 2.05) is 0 Å². The summed E-state index contributed by atoms with van der Waals surface area (Å²) in [5, 5.41) is 2.59. The molecule has 1 heterocycles. The Labute approximate surface area is 197 Å². The van der Waals surface area contributed by atoms with Gasteiger partial charge in [0.15, 0.2) is 0 Å². The lowest BCUT2D eigenvalue weighted by molar-refractivity contribution is 0.569. The Morgan fingerprint density at radius 3 is 1.70 bits per heavy atom. The van der Waals surface area contributed by atoms with Crippen molar-refractivity contribution < 1.29 is 0 Å². The quantitative estimate of drug-likeness (QED) is 0.263. The fourth-order valence-corrected chi connectivity index (χ4v) is 4.67. The predicted molar refractivity (Wildman–Crippen MR) is 144 cm³/mol. The van der Waals surface area contributed by atoms with Crippen LogP contribution >= 0.6 is 0 Å². The summed E-state index contributed by atoms with van der Waals surface area (Å²) in [4.78, 5) is 0. The average molecular weight is 432 g/mol. The van der Waals surface area contributed by atoms with Gasteiger partial charge in [0.2, 0.25) is 0 Å². The van der Waals surface area contributed by atoms with Crippen LogP contribution in [0.1, 0.15) is 52.7 Å². The number of rotatable bonds is 2. The minimum atomic E-state index is 0.101. The Morgan fingerprint density at radius 1 is 0.485 bits per heavy atom. The van der Waals surface area contributed by atoms with Crippen molar-refractivity contribution in [2.24, 2.45) is 0 Å². The molecule has 0 aliphatic rings. The van der Waals surface area contributed by atoms with Gasteiger partial charge < -0.3 is 4.57 Å². The first-order valence-corrected chi connectivity index (χ1v) is 11.9. The number of hydrogen-bond acceptors (Lipinski definition) is 0. The summed E-state index contributed by atoms with van der Waals surface area (Å²) in [6, 6.07) is 33.5. The molecule has 4 aromatic carbocycles. The predicted octanol–water partition coefficient (Wildman–Crippen LogP) is 9.05. The van der Waals surface area contributed by atoms with Crippen LogP contribution in [0, 0.1) is 0 Å². The monoisotopic (exact) mass is 431 g/mol. The summed E-state index contributed by atoms with van der Waals surface area (Å²) in [7, 11) is 0. The van der Waals surface area contributed by atoms with Crippen LogP contribution in [0.4, 0.5) is 0 Å². The number of nitrogens with zero attached hydrogens (tertiary/aromatic N) is 1. The molecule has 33 heavy (non-hydrogen) atoms. The van der Waals surface area contributed by atoms with Crippen molar-refractivity contribution in [1.29, 1.82) is 0 Å². The minimum absolute atomic E-state index is 0.101. The smallest absolute Gasteiger partial charge is 0.0541 e. The molecule has 1 heteroatoms. The zero-order chi connectivity index (χ0) is 23.4. The van der Waals surface area contributed by atoms with Gasteiger partial charge in [-0.2, -0.15) is 0 Å². The van der Waals surface area contributed by atoms with E-state index < -0.39 is 0 Å². The summed E-state index contributed by atoms with van der Waals surface area (Å²) < 4.78 is 2.38. The van der Waals surface area contributed by atoms with Crippen LogP contribution < -0.4 is 0 Å². The number of fused-ring (bicyclic) bond motifs is 3. The fraction of sp³-hybridized carbons (Fsp3) is 0.250. The normalized spacial score (nSPS) is 12.5. The molecule has 1 aromatic heterocycles. The molecule has 0 saturated carbocycles. The number of benzene rings is 4. The summed E-state index contributed by atoms with van der Waals surface area (Å²) >= 11 is 0. The highest BCUT2D eigenvalue weighted by Gasteiger charge is 2.21. The van der Waals surface area contributed by atoms with Crippen molar-refractivity contribution in [3.05, 3.63) is 102 Å². The minimum Gasteiger partial charge on any atom is -0.309 e. The number of aromatic nitrogens is 1. The van der Waals surface area contributed by atoms with Crippen molar-refractivity contribution in [2.45, 2.75) is 52.4 Å². The van der Waals surface area contributed by atoms with Gasteiger partial charge >= 0.3 is 0 Å². The highest BCUT2D eigenvalue weighted by atomic mass is 15.0. The molecular formula is C32H33N. The molecule has 0 aliphatic carbocycles. The standard InChI is InChI=1S/C32H33N/c1-31(2,3)24-18-23(19-25(21-24)32(4,5)6)22-16-17-30-28(20-22)27-14-10-11-15-29(27)33(30)26-12-8-7-9-13-26/h7-21H,1-6H3. The molecule has 0 aliphatic heterocycles. The van der Waals surface area contributed by atoms with Gasteiger partial charge in [0.1, 0.15) is 0 Å². The molecule has 0 atom stereocenters. The second-order valence-corrected chi connectivity index (χ2v) is 11.2. The van der Waals surface area contributed by atoms with Crippen LogP contribution in [0.5, 0.6) is 0 Å². The molecular weight excluding hydrogens is 398 g/mol. The SMILES string of the molecule is CC(C)(C)c1cc(-c2ccc3c(c2)c2ccccc2n3-c2ccccc2)cc(C(C)(C)C)c1. The third kappa shape index (κ3) is 3.86. The lowest BCUT2D eigenvalue weighted by Crippen LogP contribution is -2.16. The van der Waals surface area contributed by atoms with E-state index in [2.05, 4.69) is 137 Å². The lowest BCUT2D eigenvalue weighted by Gasteiger charge is -2.26. The number of hydrogen-bond donors (Lipinski definition) is 0. The first-order valence-electron chi connectivity index (χ1n) is 11.9. The van der Waals surface area contributed by atoms with E-state index in [4.69, 9.17) is 0 Å². The van der Waals surface area contributed by atoms with Crippen molar-refractivity contribution in [2.75, 3.05) is 0 Å². The zero-order valence-electron chi connectivity index (χ0n) is 20.6. The molecule has 166 valence electrons. The molecule has 0 saturated heterocycles. The third-order valence-electron chi connectivity index (χ3n) is 6.69. The summed E-state index contributed by atoms with van der Waals surface area (Å²) in [5.41, 5.74) is 9.23. The van der Waals surface area contributed by atoms with Crippen molar-refractivity contribution in [1.82, 2.24) is 4.57 Å². The van der Waals surface area contributed by atoms with Crippen LogP contribution in [0.15, 0.2) is 91.0 Å². The average Bonchev–Trinajstić information content (AvgIpc) is 3.12. The first kappa shape index (κ1) is 21.5. The van der Waals surface area contributed by atoms with Crippen LogP contribution in [0.3, 0.4) is 0 Å². The zero-order valence-corrected chi connectivity index (χ0v) is 20.6. The molecule has 0 N–H and O–H groups in total. The van der Waals surface area contributed by atoms with Crippen molar-refractivity contribution in [3.8, 4) is 16.8 Å². The molecule has 0 radical (unpaired) electrons. The van der Waals surface area contributed by atoms with Crippen LogP contribution in [0.25, 0.3) is 38.6 Å². The second-order valence-electron chi connectivity index (χ2n) is 11.2. The second kappa shape index (κ2) is 7.63. The van der Waals surface area contributed by atoms with Crippen LogP contribution in [-0.4, -0.2) is 4.57 Å². The van der Waals surface area contributed by atoms with E-state index in [1.54, 1.807) is 0 Å². The highest BCUT2D eigenvalue weighted by Crippen LogP contribution is 2.37. The Balaban J connectivity index is 1.78. The van der Waals surface area contributed by atoms with Gasteiger partial charge in [-0.1, -0.05) is 102 Å². The summed E-state index contributed by atoms with van der Waals surface area (Å²) in [6.45, 7) is 13.8. The van der Waals surface area contributed by atoms with E-state index >= 15 is 0 Å². The van der Waals surface area contributed by atoms with Gasteiger partial charge in [-0.3, -0.25) is 0 Å². The van der Waals surface area contributed by atoms with Crippen LogP contribution in [-0.2, 0) is 10.8 Å². The summed E-state index contributed by atoms with van der Waals surface area (Å²) in [6.07, 6.45) is 0. The van der Waals surface area contributed by atoms with E-state index in [1.165, 1.54) is 49.7 Å². The Kier molecular flexibility index (Phi) is 4.97. The molecule has 5 rings (SSSR count). The molecule has 1 nitrogen and oxygen atoms in total. The molecule has 0 spiro atoms. The van der Waals surface area contributed by atoms with E-state index in [9.17, 15) is 0 Å². The molecule has 5 aromatic rings. The molecule has 0 amide bonds. The van der Waals surface area contributed by atoms with Gasteiger partial charge in [-0.05, 0) is 63.4 Å². The lowest BCUT2D eigenvalue weighted by atomic mass is 9.79. The Hall–Kier alpha value is -3.32. The van der Waals surface area contributed by atoms with Gasteiger partial charge in [0.05, 0.1) is 11.0 Å². The van der Waals surface area contributed by atoms with Gasteiger partial charge in [0, 0.05) is 16.5 Å². The van der Waals surface area contributed by atoms with Gasteiger partial charge in [-0.25, -0.2) is 0 Å². The van der Waals surface area contributed by atoms with Gasteiger partial charge in [0.25, 0.3) is 0 Å². The maximum Gasteiger partial charge on any atom is 0.0541 e. The van der Waals surface area contributed by atoms with Crippen molar-refractivity contribution in [3.63, 3.8) is 0 Å². The highest BCUT2D eigenvalue weighted by molar-refractivity contribution is 6.10. The van der Waals surface area contributed by atoms with Crippen molar-refractivity contribution >= 4 is 21.8 Å². The Morgan fingerprint density at radius 2 is 1.06 bits per heavy atom. The van der Waals surface area contributed by atoms with E-state index in [0.717, 1.165) is 0 Å². The molecule has 0 unspecified atom stereocenters. The number of para-hydroxylation sites is 2. The molecule has 0 fully saturated rings.